The molecule has 14 nitrogen and oxygen atoms in total. The van der Waals surface area contributed by atoms with Crippen molar-refractivity contribution in [2.24, 2.45) is 0 Å². The number of aromatic nitrogens is 8. The van der Waals surface area contributed by atoms with Crippen LogP contribution in [-0.2, 0) is 22.8 Å². The molecule has 0 radical (unpaired) electrons. The fourth-order valence-corrected chi connectivity index (χ4v) is 3.63. The van der Waals surface area contributed by atoms with Crippen molar-refractivity contribution in [1.29, 1.82) is 0 Å². The Bertz CT molecular complexity index is 1250. The van der Waals surface area contributed by atoms with Crippen LogP contribution in [0.3, 0.4) is 0 Å². The number of nitrogens with zero attached hydrogens (tertiary/aromatic N) is 8. The fraction of sp³-hybridized carbons (Fsp3) is 0.368. The van der Waals surface area contributed by atoms with Gasteiger partial charge in [0.25, 0.3) is 0 Å². The lowest BCUT2D eigenvalue weighted by Crippen LogP contribution is -2.33. The number of aliphatic hydroxyl groups excluding tert-OH is 3. The summed E-state index contributed by atoms with van der Waals surface area (Å²) in [5, 5.41) is 42.6. The van der Waals surface area contributed by atoms with Gasteiger partial charge in [0.05, 0.1) is 13.2 Å². The van der Waals surface area contributed by atoms with E-state index in [9.17, 15) is 15.3 Å². The zero-order valence-corrected chi connectivity index (χ0v) is 17.2. The second-order valence-corrected chi connectivity index (χ2v) is 7.41. The Morgan fingerprint density at radius 3 is 2.70 bits per heavy atom. The summed E-state index contributed by atoms with van der Waals surface area (Å²) in [5.41, 5.74) is 7.43. The summed E-state index contributed by atoms with van der Waals surface area (Å²) in [6.07, 6.45) is -3.58. The van der Waals surface area contributed by atoms with E-state index in [4.69, 9.17) is 15.2 Å². The SMILES string of the molecule is Nc1ncnc2c1nc(-c1nnn(COCc3ccccc3)n1)n2[C@@H]1O[C@H](CO)[C@@H](O)[C@H]1O. The Kier molecular flexibility index (Phi) is 5.65. The summed E-state index contributed by atoms with van der Waals surface area (Å²) < 4.78 is 12.7. The van der Waals surface area contributed by atoms with Crippen molar-refractivity contribution in [3.8, 4) is 11.6 Å². The van der Waals surface area contributed by atoms with Crippen LogP contribution >= 0.6 is 0 Å². The number of tetrazole rings is 1. The van der Waals surface area contributed by atoms with Gasteiger partial charge in [-0.25, -0.2) is 15.0 Å². The Morgan fingerprint density at radius 2 is 1.94 bits per heavy atom. The summed E-state index contributed by atoms with van der Waals surface area (Å²) in [5.74, 6) is 0.333. The average Bonchev–Trinajstić information content (AvgIpc) is 3.52. The predicted octanol–water partition coefficient (Wildman–Crippen LogP) is -1.15. The van der Waals surface area contributed by atoms with E-state index < -0.39 is 31.1 Å². The Morgan fingerprint density at radius 1 is 1.12 bits per heavy atom. The van der Waals surface area contributed by atoms with Gasteiger partial charge in [0.15, 0.2) is 35.8 Å². The van der Waals surface area contributed by atoms with E-state index in [0.717, 1.165) is 5.56 Å². The molecule has 0 spiro atoms. The van der Waals surface area contributed by atoms with E-state index in [1.165, 1.54) is 15.7 Å². The highest BCUT2D eigenvalue weighted by atomic mass is 16.6. The van der Waals surface area contributed by atoms with Crippen molar-refractivity contribution in [2.75, 3.05) is 12.3 Å². The molecule has 1 aromatic carbocycles. The molecule has 1 fully saturated rings. The van der Waals surface area contributed by atoms with E-state index >= 15 is 0 Å². The van der Waals surface area contributed by atoms with Crippen molar-refractivity contribution in [3.05, 3.63) is 42.2 Å². The van der Waals surface area contributed by atoms with Gasteiger partial charge in [-0.05, 0) is 10.8 Å². The van der Waals surface area contributed by atoms with Gasteiger partial charge in [0, 0.05) is 0 Å². The van der Waals surface area contributed by atoms with E-state index in [1.54, 1.807) is 0 Å². The zero-order chi connectivity index (χ0) is 22.9. The van der Waals surface area contributed by atoms with Crippen LogP contribution in [0.15, 0.2) is 36.7 Å². The van der Waals surface area contributed by atoms with Crippen molar-refractivity contribution in [2.45, 2.75) is 37.9 Å². The summed E-state index contributed by atoms with van der Waals surface area (Å²) in [7, 11) is 0. The standard InChI is InChI=1S/C19H21N9O5/c20-15-12-17(22-8-21-15)28(19-14(31)13(30)11(6-29)33-19)18(23-12)16-24-26-27(25-16)9-32-7-10-4-2-1-3-5-10/h1-5,8,11,13-14,19,29-31H,6-7,9H2,(H2,20,21,22)/t11-,13-,14-,19-/m1/s1. The monoisotopic (exact) mass is 455 g/mol. The number of imidazole rings is 1. The molecule has 4 heterocycles. The predicted molar refractivity (Wildman–Crippen MR) is 111 cm³/mol. The topological polar surface area (TPSA) is 192 Å². The number of fused-ring (bicyclic) bond motifs is 1. The van der Waals surface area contributed by atoms with Gasteiger partial charge < -0.3 is 30.5 Å². The number of anilines is 1. The van der Waals surface area contributed by atoms with E-state index in [-0.39, 0.29) is 35.4 Å². The molecule has 4 aromatic rings. The van der Waals surface area contributed by atoms with Crippen LogP contribution in [0.4, 0.5) is 5.82 Å². The fourth-order valence-electron chi connectivity index (χ4n) is 3.63. The van der Waals surface area contributed by atoms with Crippen molar-refractivity contribution < 1.29 is 24.8 Å². The van der Waals surface area contributed by atoms with Gasteiger partial charge in [-0.15, -0.1) is 15.0 Å². The lowest BCUT2D eigenvalue weighted by atomic mass is 10.1. The van der Waals surface area contributed by atoms with Gasteiger partial charge >= 0.3 is 0 Å². The number of rotatable bonds is 7. The maximum absolute atomic E-state index is 10.6. The lowest BCUT2D eigenvalue weighted by molar-refractivity contribution is -0.0503. The third kappa shape index (κ3) is 3.90. The Balaban J connectivity index is 1.46. The molecule has 0 amide bonds. The summed E-state index contributed by atoms with van der Waals surface area (Å²) >= 11 is 0. The minimum Gasteiger partial charge on any atom is -0.394 e. The maximum Gasteiger partial charge on any atom is 0.240 e. The molecule has 0 unspecified atom stereocenters. The number of hydrogen-bond acceptors (Lipinski definition) is 12. The first-order valence-corrected chi connectivity index (χ1v) is 10.1. The Labute approximate surface area is 186 Å². The van der Waals surface area contributed by atoms with Gasteiger partial charge in [-0.2, -0.15) is 0 Å². The normalized spacial score (nSPS) is 22.9. The van der Waals surface area contributed by atoms with Gasteiger partial charge in [-0.1, -0.05) is 30.3 Å². The number of nitrogens with two attached hydrogens (primary N) is 1. The molecular weight excluding hydrogens is 434 g/mol. The van der Waals surface area contributed by atoms with Crippen LogP contribution in [0.25, 0.3) is 22.8 Å². The largest absolute Gasteiger partial charge is 0.394 e. The quantitative estimate of drug-likeness (QED) is 0.262. The van der Waals surface area contributed by atoms with Crippen LogP contribution in [0.5, 0.6) is 0 Å². The van der Waals surface area contributed by atoms with Crippen molar-refractivity contribution in [1.82, 2.24) is 39.7 Å². The molecule has 5 N–H and O–H groups in total. The number of nitrogen functional groups attached to an aromatic ring is 1. The molecule has 33 heavy (non-hydrogen) atoms. The highest BCUT2D eigenvalue weighted by molar-refractivity contribution is 5.84. The minimum absolute atomic E-state index is 0.0396. The molecule has 0 aliphatic carbocycles. The van der Waals surface area contributed by atoms with Crippen molar-refractivity contribution >= 4 is 17.0 Å². The molecule has 3 aromatic heterocycles. The molecule has 14 heteroatoms. The molecule has 4 atom stereocenters. The van der Waals surface area contributed by atoms with Crippen LogP contribution in [0.1, 0.15) is 11.8 Å². The second-order valence-electron chi connectivity index (χ2n) is 7.41. The van der Waals surface area contributed by atoms with Crippen LogP contribution in [0, 0.1) is 0 Å². The van der Waals surface area contributed by atoms with Gasteiger partial charge in [0.2, 0.25) is 5.82 Å². The molecular formula is C19H21N9O5. The molecule has 0 bridgehead atoms. The van der Waals surface area contributed by atoms with Gasteiger partial charge in [0.1, 0.15) is 24.6 Å². The average molecular weight is 455 g/mol. The molecule has 0 saturated carbocycles. The number of hydrogen-bond donors (Lipinski definition) is 4. The van der Waals surface area contributed by atoms with E-state index in [0.29, 0.717) is 6.61 Å². The first-order chi connectivity index (χ1) is 16.1. The molecule has 1 aliphatic heterocycles. The summed E-state index contributed by atoms with van der Waals surface area (Å²) in [6.45, 7) is -0.0796. The highest BCUT2D eigenvalue weighted by Gasteiger charge is 2.45. The summed E-state index contributed by atoms with van der Waals surface area (Å²) in [4.78, 5) is 13.8. The van der Waals surface area contributed by atoms with Crippen LogP contribution < -0.4 is 5.73 Å². The van der Waals surface area contributed by atoms with Crippen LogP contribution in [0.2, 0.25) is 0 Å². The first kappa shape index (κ1) is 21.3. The Hall–Kier alpha value is -3.56. The third-order valence-corrected chi connectivity index (χ3v) is 5.25. The van der Waals surface area contributed by atoms with Gasteiger partial charge in [-0.3, -0.25) is 4.57 Å². The first-order valence-electron chi connectivity index (χ1n) is 10.1. The van der Waals surface area contributed by atoms with E-state index in [2.05, 4.69) is 30.4 Å². The number of benzene rings is 1. The van der Waals surface area contributed by atoms with Crippen molar-refractivity contribution in [3.63, 3.8) is 0 Å². The number of ether oxygens (including phenoxy) is 2. The van der Waals surface area contributed by atoms with Crippen LogP contribution in [-0.4, -0.2) is 80.0 Å². The highest BCUT2D eigenvalue weighted by Crippen LogP contribution is 2.35. The number of aliphatic hydroxyl groups is 3. The molecule has 5 rings (SSSR count). The lowest BCUT2D eigenvalue weighted by Gasteiger charge is -2.18. The maximum atomic E-state index is 10.6. The molecule has 172 valence electrons. The summed E-state index contributed by atoms with van der Waals surface area (Å²) in [6, 6.07) is 9.64. The zero-order valence-electron chi connectivity index (χ0n) is 17.2. The van der Waals surface area contributed by atoms with E-state index in [1.807, 2.05) is 30.3 Å². The molecule has 1 aliphatic rings. The smallest absolute Gasteiger partial charge is 0.240 e. The molecule has 1 saturated heterocycles. The second kappa shape index (κ2) is 8.76. The minimum atomic E-state index is -1.38. The third-order valence-electron chi connectivity index (χ3n) is 5.25.